The summed E-state index contributed by atoms with van der Waals surface area (Å²) in [4.78, 5) is 116. The average molecular weight is 728 g/mol. The van der Waals surface area contributed by atoms with Gasteiger partial charge in [0.05, 0.1) is 18.8 Å². The zero-order valence-electron chi connectivity index (χ0n) is 28.5. The molecule has 286 valence electrons. The van der Waals surface area contributed by atoms with Crippen LogP contribution in [0, 0.1) is 0 Å². The van der Waals surface area contributed by atoms with E-state index in [2.05, 4.69) is 21.3 Å². The van der Waals surface area contributed by atoms with Crippen molar-refractivity contribution >= 4 is 53.2 Å². The topological polar surface area (TPSA) is 347 Å². The third-order valence-electron chi connectivity index (χ3n) is 8.58. The molecule has 2 heterocycles. The molecule has 0 aliphatic carbocycles. The fourth-order valence-corrected chi connectivity index (χ4v) is 5.88. The number of hydrogen-bond donors (Lipinski definition) is 10. The highest BCUT2D eigenvalue weighted by molar-refractivity contribution is 5.97. The van der Waals surface area contributed by atoms with Crippen LogP contribution in [0.5, 0.6) is 0 Å². The predicted octanol–water partition coefficient (Wildman–Crippen LogP) is -5.76. The molecule has 51 heavy (non-hydrogen) atoms. The van der Waals surface area contributed by atoms with Crippen molar-refractivity contribution in [3.63, 3.8) is 0 Å². The number of primary amides is 2. The molecule has 0 bridgehead atoms. The lowest BCUT2D eigenvalue weighted by Crippen LogP contribution is -2.62. The minimum Gasteiger partial charge on any atom is -0.480 e. The van der Waals surface area contributed by atoms with Gasteiger partial charge in [-0.25, -0.2) is 4.79 Å². The van der Waals surface area contributed by atoms with Crippen LogP contribution in [-0.4, -0.2) is 146 Å². The molecule has 0 aromatic carbocycles. The number of aliphatic hydroxyl groups excluding tert-OH is 2. The van der Waals surface area contributed by atoms with Gasteiger partial charge in [-0.2, -0.15) is 0 Å². The summed E-state index contributed by atoms with van der Waals surface area (Å²) in [5.74, 6) is -8.14. The van der Waals surface area contributed by atoms with Crippen molar-refractivity contribution in [2.24, 2.45) is 17.2 Å². The van der Waals surface area contributed by atoms with E-state index >= 15 is 0 Å². The van der Waals surface area contributed by atoms with Crippen molar-refractivity contribution in [2.45, 2.75) is 114 Å². The van der Waals surface area contributed by atoms with E-state index < -0.39 is 115 Å². The highest BCUT2D eigenvalue weighted by atomic mass is 16.4. The summed E-state index contributed by atoms with van der Waals surface area (Å²) in [5, 5.41) is 39.5. The van der Waals surface area contributed by atoms with Crippen LogP contribution in [0.15, 0.2) is 0 Å². The van der Waals surface area contributed by atoms with Gasteiger partial charge in [-0.1, -0.05) is 0 Å². The Morgan fingerprint density at radius 3 is 1.69 bits per heavy atom. The van der Waals surface area contributed by atoms with Crippen molar-refractivity contribution in [2.75, 3.05) is 19.6 Å². The maximum Gasteiger partial charge on any atom is 0.326 e. The van der Waals surface area contributed by atoms with Crippen molar-refractivity contribution in [1.82, 2.24) is 31.1 Å². The SMILES string of the molecule is C[C@@H](O)[C@H](NC(=O)CN)C(=O)N[C@@H](CCC(N)=O)C(=O)N[C@H](C(=O)N1CCC[C@H]1C(=O)N[C@@H](CCC(N)=O)C(=O)N1CCC[C@H]1C(=O)O)[C@@H](C)O. The Hall–Kier alpha value is -4.89. The largest absolute Gasteiger partial charge is 0.480 e. The van der Waals surface area contributed by atoms with Gasteiger partial charge < -0.3 is 63.6 Å². The summed E-state index contributed by atoms with van der Waals surface area (Å²) in [6.45, 7) is 1.99. The fourth-order valence-electron chi connectivity index (χ4n) is 5.88. The van der Waals surface area contributed by atoms with Crippen molar-refractivity contribution < 1.29 is 58.5 Å². The second kappa shape index (κ2) is 19.5. The second-order valence-corrected chi connectivity index (χ2v) is 12.6. The highest BCUT2D eigenvalue weighted by Crippen LogP contribution is 2.22. The predicted molar refractivity (Wildman–Crippen MR) is 174 cm³/mol. The van der Waals surface area contributed by atoms with E-state index in [1.807, 2.05) is 0 Å². The molecule has 0 unspecified atom stereocenters. The number of rotatable bonds is 19. The molecule has 21 heteroatoms. The molecule has 8 amide bonds. The standard InChI is InChI=1S/C30H49N9O12/c1-14(40)23(36-22(44)13-31)27(47)34-16(7-9-20(32)42)25(45)37-24(15(2)41)29(49)38-11-3-5-18(38)26(46)35-17(8-10-21(33)43)28(48)39-12-4-6-19(39)30(50)51/h14-19,23-24,40-41H,3-13,31H2,1-2H3,(H2,32,42)(H2,33,43)(H,34,47)(H,35,46)(H,36,44)(H,37,45)(H,50,51)/t14-,15-,16+,17+,18+,19+,23+,24+/m1/s1. The van der Waals surface area contributed by atoms with E-state index in [0.29, 0.717) is 12.8 Å². The molecule has 0 saturated carbocycles. The summed E-state index contributed by atoms with van der Waals surface area (Å²) in [5.41, 5.74) is 15.7. The van der Waals surface area contributed by atoms with Crippen LogP contribution >= 0.6 is 0 Å². The smallest absolute Gasteiger partial charge is 0.326 e. The van der Waals surface area contributed by atoms with Gasteiger partial charge in [0.1, 0.15) is 36.3 Å². The van der Waals surface area contributed by atoms with Crippen molar-refractivity contribution in [3.8, 4) is 0 Å². The minimum atomic E-state index is -1.68. The molecule has 2 fully saturated rings. The zero-order valence-corrected chi connectivity index (χ0v) is 28.5. The highest BCUT2D eigenvalue weighted by Gasteiger charge is 2.43. The van der Waals surface area contributed by atoms with E-state index in [4.69, 9.17) is 17.2 Å². The Bertz CT molecular complexity index is 1340. The van der Waals surface area contributed by atoms with Crippen LogP contribution in [0.3, 0.4) is 0 Å². The molecule has 0 radical (unpaired) electrons. The number of likely N-dealkylation sites (tertiary alicyclic amines) is 2. The lowest BCUT2D eigenvalue weighted by atomic mass is 10.0. The number of carbonyl (C=O) groups is 9. The third-order valence-corrected chi connectivity index (χ3v) is 8.58. The van der Waals surface area contributed by atoms with Crippen LogP contribution < -0.4 is 38.5 Å². The molecule has 13 N–H and O–H groups in total. The molecular formula is C30H49N9O12. The average Bonchev–Trinajstić information content (AvgIpc) is 3.75. The third kappa shape index (κ3) is 12.1. The second-order valence-electron chi connectivity index (χ2n) is 12.6. The summed E-state index contributed by atoms with van der Waals surface area (Å²) in [6.07, 6.45) is -3.28. The Morgan fingerprint density at radius 1 is 0.686 bits per heavy atom. The van der Waals surface area contributed by atoms with Gasteiger partial charge in [0.25, 0.3) is 0 Å². The molecule has 2 rings (SSSR count). The number of carboxylic acids is 1. The number of aliphatic hydroxyl groups is 2. The first-order valence-electron chi connectivity index (χ1n) is 16.6. The molecule has 0 aromatic heterocycles. The molecule has 21 nitrogen and oxygen atoms in total. The number of hydrogen-bond acceptors (Lipinski definition) is 12. The molecule has 8 atom stereocenters. The van der Waals surface area contributed by atoms with Crippen LogP contribution in [0.25, 0.3) is 0 Å². The van der Waals surface area contributed by atoms with E-state index in [1.54, 1.807) is 0 Å². The van der Waals surface area contributed by atoms with Gasteiger partial charge in [-0.3, -0.25) is 38.4 Å². The van der Waals surface area contributed by atoms with E-state index in [0.717, 1.165) is 9.80 Å². The number of amides is 8. The Kier molecular flexibility index (Phi) is 16.2. The van der Waals surface area contributed by atoms with E-state index in [1.165, 1.54) is 13.8 Å². The van der Waals surface area contributed by atoms with Crippen LogP contribution in [0.2, 0.25) is 0 Å². The quantitative estimate of drug-likeness (QED) is 0.0594. The summed E-state index contributed by atoms with van der Waals surface area (Å²) < 4.78 is 0. The lowest BCUT2D eigenvalue weighted by Gasteiger charge is -2.32. The summed E-state index contributed by atoms with van der Waals surface area (Å²) in [6, 6.07) is -8.45. The van der Waals surface area contributed by atoms with E-state index in [9.17, 15) is 58.5 Å². The molecule has 2 saturated heterocycles. The van der Waals surface area contributed by atoms with Gasteiger partial charge in [0.2, 0.25) is 47.3 Å². The van der Waals surface area contributed by atoms with Crippen LogP contribution in [-0.2, 0) is 43.2 Å². The van der Waals surface area contributed by atoms with Crippen molar-refractivity contribution in [3.05, 3.63) is 0 Å². The van der Waals surface area contributed by atoms with Gasteiger partial charge in [0, 0.05) is 25.9 Å². The number of nitrogens with one attached hydrogen (secondary N) is 4. The number of aliphatic carboxylic acids is 1. The Labute approximate surface area is 293 Å². The lowest BCUT2D eigenvalue weighted by molar-refractivity contribution is -0.150. The number of carboxylic acid groups (broad SMARTS) is 1. The van der Waals surface area contributed by atoms with Gasteiger partial charge in [-0.15, -0.1) is 0 Å². The van der Waals surface area contributed by atoms with Crippen LogP contribution in [0.4, 0.5) is 0 Å². The maximum absolute atomic E-state index is 13.8. The monoisotopic (exact) mass is 727 g/mol. The molecular weight excluding hydrogens is 678 g/mol. The first-order chi connectivity index (χ1) is 23.9. The Balaban J connectivity index is 2.27. The number of nitrogens with two attached hydrogens (primary N) is 3. The van der Waals surface area contributed by atoms with Gasteiger partial charge in [-0.05, 0) is 52.4 Å². The van der Waals surface area contributed by atoms with E-state index in [-0.39, 0.29) is 45.2 Å². The minimum absolute atomic E-state index is 0.00186. The normalized spacial score (nSPS) is 20.6. The van der Waals surface area contributed by atoms with Gasteiger partial charge in [0.15, 0.2) is 0 Å². The first kappa shape index (κ1) is 42.3. The Morgan fingerprint density at radius 2 is 1.20 bits per heavy atom. The summed E-state index contributed by atoms with van der Waals surface area (Å²) >= 11 is 0. The number of nitrogens with zero attached hydrogens (tertiary/aromatic N) is 2. The maximum atomic E-state index is 13.8. The molecule has 0 aromatic rings. The number of carbonyl (C=O) groups excluding carboxylic acids is 8. The van der Waals surface area contributed by atoms with Crippen LogP contribution in [0.1, 0.15) is 65.2 Å². The fraction of sp³-hybridized carbons (Fsp3) is 0.700. The first-order valence-corrected chi connectivity index (χ1v) is 16.6. The summed E-state index contributed by atoms with van der Waals surface area (Å²) in [7, 11) is 0. The molecule has 0 spiro atoms. The zero-order chi connectivity index (χ0) is 38.6. The van der Waals surface area contributed by atoms with Gasteiger partial charge >= 0.3 is 5.97 Å². The molecule has 2 aliphatic heterocycles. The van der Waals surface area contributed by atoms with Crippen molar-refractivity contribution in [1.29, 1.82) is 0 Å². The molecule has 2 aliphatic rings.